The van der Waals surface area contributed by atoms with Crippen molar-refractivity contribution in [3.8, 4) is 0 Å². The van der Waals surface area contributed by atoms with Crippen LogP contribution in [0.25, 0.3) is 21.5 Å². The number of hydrogen-bond acceptors (Lipinski definition) is 0. The van der Waals surface area contributed by atoms with Gasteiger partial charge in [-0.25, -0.2) is 0 Å². The first-order valence-corrected chi connectivity index (χ1v) is 4.48. The monoisotopic (exact) mass is 636 g/mol. The van der Waals surface area contributed by atoms with E-state index in [2.05, 4.69) is 54.6 Å². The number of benzene rings is 2. The third-order valence-electron chi connectivity index (χ3n) is 2.52. The SMILES string of the molecule is [I-].[I-].[I-].[Zr+4].c1ccc2c(c1)[cH-]c1ccccc12. The maximum atomic E-state index is 2.24. The van der Waals surface area contributed by atoms with Gasteiger partial charge in [0.1, 0.15) is 0 Å². The van der Waals surface area contributed by atoms with Crippen LogP contribution in [0, 0.1) is 0 Å². The van der Waals surface area contributed by atoms with Crippen LogP contribution in [-0.4, -0.2) is 0 Å². The molecule has 0 atom stereocenters. The zero-order valence-corrected chi connectivity index (χ0v) is 17.8. The second-order valence-electron chi connectivity index (χ2n) is 3.32. The van der Waals surface area contributed by atoms with E-state index in [-0.39, 0.29) is 98.1 Å². The Kier molecular flexibility index (Phi) is 11.3. The first kappa shape index (κ1) is 20.7. The average molecular weight is 637 g/mol. The Hall–Kier alpha value is 1.38. The second kappa shape index (κ2) is 9.31. The van der Waals surface area contributed by atoms with Crippen molar-refractivity contribution in [2.45, 2.75) is 0 Å². The molecule has 86 valence electrons. The molecule has 0 bridgehead atoms. The van der Waals surface area contributed by atoms with Crippen LogP contribution in [0.4, 0.5) is 0 Å². The number of halogens is 3. The second-order valence-corrected chi connectivity index (χ2v) is 3.32. The van der Waals surface area contributed by atoms with Gasteiger partial charge in [0, 0.05) is 0 Å². The molecule has 0 saturated heterocycles. The summed E-state index contributed by atoms with van der Waals surface area (Å²) in [6.45, 7) is 0. The molecule has 0 aliphatic rings. The van der Waals surface area contributed by atoms with Gasteiger partial charge in [-0.1, -0.05) is 36.4 Å². The standard InChI is InChI=1S/C13H9.3HI.Zr/c1-3-7-12-10(5-1)9-11-6-2-4-8-13(11)12;;;;/h1-9H;3*1H;/q-1;;;;+4/p-3. The van der Waals surface area contributed by atoms with E-state index < -0.39 is 0 Å². The molecule has 3 rings (SSSR count). The Morgan fingerprint density at radius 2 is 0.941 bits per heavy atom. The minimum absolute atomic E-state index is 0. The van der Waals surface area contributed by atoms with Crippen LogP contribution in [0.2, 0.25) is 0 Å². The van der Waals surface area contributed by atoms with Gasteiger partial charge < -0.3 is 71.9 Å². The topological polar surface area (TPSA) is 0 Å². The van der Waals surface area contributed by atoms with Gasteiger partial charge in [0.15, 0.2) is 0 Å². The summed E-state index contributed by atoms with van der Waals surface area (Å²) in [7, 11) is 0. The molecular weight excluding hydrogens is 628 g/mol. The van der Waals surface area contributed by atoms with Gasteiger partial charge in [0.05, 0.1) is 0 Å². The van der Waals surface area contributed by atoms with Gasteiger partial charge in [0.2, 0.25) is 0 Å². The summed E-state index contributed by atoms with van der Waals surface area (Å²) in [5.74, 6) is 0. The Labute approximate surface area is 171 Å². The van der Waals surface area contributed by atoms with E-state index in [1.54, 1.807) is 0 Å². The molecule has 0 amide bonds. The van der Waals surface area contributed by atoms with Crippen LogP contribution in [0.15, 0.2) is 54.6 Å². The molecule has 0 fully saturated rings. The quantitative estimate of drug-likeness (QED) is 0.171. The van der Waals surface area contributed by atoms with E-state index >= 15 is 0 Å². The zero-order valence-electron chi connectivity index (χ0n) is 8.83. The predicted octanol–water partition coefficient (Wildman–Crippen LogP) is -5.28. The van der Waals surface area contributed by atoms with Crippen LogP contribution >= 0.6 is 0 Å². The fraction of sp³-hybridized carbons (Fsp3) is 0. The maximum Gasteiger partial charge on any atom is 4.00 e. The molecule has 0 radical (unpaired) electrons. The molecule has 0 nitrogen and oxygen atoms in total. The Morgan fingerprint density at radius 3 is 1.35 bits per heavy atom. The van der Waals surface area contributed by atoms with Crippen molar-refractivity contribution in [1.29, 1.82) is 0 Å². The van der Waals surface area contributed by atoms with Crippen molar-refractivity contribution in [2.75, 3.05) is 0 Å². The molecule has 0 aliphatic heterocycles. The van der Waals surface area contributed by atoms with Gasteiger partial charge in [-0.05, 0) is 0 Å². The fourth-order valence-electron chi connectivity index (χ4n) is 1.90. The van der Waals surface area contributed by atoms with E-state index in [1.807, 2.05) is 0 Å². The normalized spacial score (nSPS) is 8.47. The fourth-order valence-corrected chi connectivity index (χ4v) is 1.90. The molecule has 4 heteroatoms. The molecule has 0 unspecified atom stereocenters. The molecule has 0 N–H and O–H groups in total. The van der Waals surface area contributed by atoms with Gasteiger partial charge in [-0.3, -0.25) is 0 Å². The van der Waals surface area contributed by atoms with Crippen molar-refractivity contribution in [3.05, 3.63) is 54.6 Å². The van der Waals surface area contributed by atoms with E-state index in [4.69, 9.17) is 0 Å². The van der Waals surface area contributed by atoms with Crippen molar-refractivity contribution in [2.24, 2.45) is 0 Å². The van der Waals surface area contributed by atoms with Crippen molar-refractivity contribution < 1.29 is 98.1 Å². The van der Waals surface area contributed by atoms with Gasteiger partial charge in [-0.2, -0.15) is 0 Å². The number of hydrogen-bond donors (Lipinski definition) is 0. The zero-order chi connectivity index (χ0) is 8.67. The van der Waals surface area contributed by atoms with Gasteiger partial charge >= 0.3 is 26.2 Å². The third-order valence-corrected chi connectivity index (χ3v) is 2.52. The summed E-state index contributed by atoms with van der Waals surface area (Å²) >= 11 is 0. The van der Waals surface area contributed by atoms with Gasteiger partial charge in [0.25, 0.3) is 0 Å². The van der Waals surface area contributed by atoms with Crippen molar-refractivity contribution in [3.63, 3.8) is 0 Å². The Bertz CT molecular complexity index is 524. The van der Waals surface area contributed by atoms with Gasteiger partial charge in [-0.15, -0.1) is 39.7 Å². The van der Waals surface area contributed by atoms with Crippen LogP contribution < -0.4 is 71.9 Å². The minimum atomic E-state index is 0. The summed E-state index contributed by atoms with van der Waals surface area (Å²) < 4.78 is 0. The summed E-state index contributed by atoms with van der Waals surface area (Å²) in [4.78, 5) is 0. The molecule has 17 heavy (non-hydrogen) atoms. The van der Waals surface area contributed by atoms with E-state index in [0.717, 1.165) is 0 Å². The summed E-state index contributed by atoms with van der Waals surface area (Å²) in [6, 6.07) is 19.3. The minimum Gasteiger partial charge on any atom is -1.00 e. The molecule has 0 spiro atoms. The van der Waals surface area contributed by atoms with E-state index in [9.17, 15) is 0 Å². The third kappa shape index (κ3) is 4.18. The number of rotatable bonds is 0. The summed E-state index contributed by atoms with van der Waals surface area (Å²) in [5.41, 5.74) is 0. The Morgan fingerprint density at radius 1 is 0.588 bits per heavy atom. The first-order valence-electron chi connectivity index (χ1n) is 4.48. The van der Waals surface area contributed by atoms with Crippen molar-refractivity contribution in [1.82, 2.24) is 0 Å². The molecule has 3 aromatic carbocycles. The molecule has 3 aromatic rings. The summed E-state index contributed by atoms with van der Waals surface area (Å²) in [5, 5.41) is 5.39. The average Bonchev–Trinajstić information content (AvgIpc) is 2.56. The molecule has 0 heterocycles. The number of fused-ring (bicyclic) bond motifs is 3. The smallest absolute Gasteiger partial charge is 1.00 e. The van der Waals surface area contributed by atoms with Crippen LogP contribution in [0.5, 0.6) is 0 Å². The van der Waals surface area contributed by atoms with Crippen molar-refractivity contribution >= 4 is 21.5 Å². The molecular formula is C13H9I3Zr. The van der Waals surface area contributed by atoms with E-state index in [0.29, 0.717) is 0 Å². The Balaban J connectivity index is 0. The first-order chi connectivity index (χ1) is 6.45. The molecule has 0 aliphatic carbocycles. The van der Waals surface area contributed by atoms with Crippen LogP contribution in [-0.2, 0) is 26.2 Å². The van der Waals surface area contributed by atoms with E-state index in [1.165, 1.54) is 21.5 Å². The predicted molar refractivity (Wildman–Crippen MR) is 57.0 cm³/mol. The largest absolute Gasteiger partial charge is 4.00 e. The van der Waals surface area contributed by atoms with Crippen LogP contribution in [0.3, 0.4) is 0 Å². The maximum absolute atomic E-state index is 2.24. The molecule has 0 saturated carbocycles. The molecule has 0 aromatic heterocycles. The van der Waals surface area contributed by atoms with Crippen LogP contribution in [0.1, 0.15) is 0 Å². The summed E-state index contributed by atoms with van der Waals surface area (Å²) in [6.07, 6.45) is 0.